The highest BCUT2D eigenvalue weighted by Gasteiger charge is 2.37. The molecule has 1 aromatic heterocycles. The molecule has 240 valence electrons. The van der Waals surface area contributed by atoms with E-state index in [9.17, 15) is 0 Å². The first-order chi connectivity index (χ1) is 24.8. The zero-order chi connectivity index (χ0) is 33.0. The van der Waals surface area contributed by atoms with Gasteiger partial charge in [-0.15, -0.1) is 0 Å². The average Bonchev–Trinajstić information content (AvgIpc) is 3.51. The molecule has 10 rings (SSSR count). The minimum atomic E-state index is 0.177. The number of aromatic nitrogens is 1. The third-order valence-electron chi connectivity index (χ3n) is 10.9. The van der Waals surface area contributed by atoms with Gasteiger partial charge in [-0.05, 0) is 77.4 Å². The van der Waals surface area contributed by atoms with Gasteiger partial charge in [-0.3, -0.25) is 14.5 Å². The Balaban J connectivity index is 1.17. The van der Waals surface area contributed by atoms with E-state index in [2.05, 4.69) is 179 Å². The maximum atomic E-state index is 5.23. The van der Waals surface area contributed by atoms with Gasteiger partial charge in [-0.1, -0.05) is 133 Å². The lowest BCUT2D eigenvalue weighted by Crippen LogP contribution is -2.25. The molecule has 0 fully saturated rings. The van der Waals surface area contributed by atoms with Crippen LogP contribution in [0.2, 0.25) is 0 Å². The van der Waals surface area contributed by atoms with E-state index in [1.54, 1.807) is 0 Å². The van der Waals surface area contributed by atoms with Crippen molar-refractivity contribution in [3.63, 3.8) is 0 Å². The second kappa shape index (κ2) is 11.9. The second-order valence-electron chi connectivity index (χ2n) is 13.8. The summed E-state index contributed by atoms with van der Waals surface area (Å²) >= 11 is 0. The number of anilines is 2. The van der Waals surface area contributed by atoms with Crippen molar-refractivity contribution in [2.45, 2.75) is 25.2 Å². The van der Waals surface area contributed by atoms with Gasteiger partial charge in [0.25, 0.3) is 0 Å². The van der Waals surface area contributed by atoms with Crippen LogP contribution in [-0.2, 0) is 0 Å². The van der Waals surface area contributed by atoms with Crippen LogP contribution in [0.3, 0.4) is 0 Å². The number of fused-ring (bicyclic) bond motifs is 8. The molecule has 3 nitrogen and oxygen atoms in total. The molecular formula is C47H37N3. The highest BCUT2D eigenvalue weighted by Crippen LogP contribution is 2.51. The minimum Gasteiger partial charge on any atom is -0.296 e. The molecule has 0 spiro atoms. The van der Waals surface area contributed by atoms with Crippen LogP contribution in [0, 0.1) is 11.8 Å². The summed E-state index contributed by atoms with van der Waals surface area (Å²) in [6.45, 7) is 0. The third kappa shape index (κ3) is 4.76. The molecule has 3 unspecified atom stereocenters. The van der Waals surface area contributed by atoms with E-state index in [0.29, 0.717) is 11.8 Å². The standard InChI is InChI=1S/C47H37N3/c1-3-15-33(16-4-1)41-29-37(30-42(48-41)34-17-5-2-6-18-34)35-20-13-21-38(28-35)49-45-27-26-32-14-7-9-22-39(32)47(45)40-23-10-12-25-44(40)50-43-24-11-8-19-36(43)31-46(49)50/h1-8,10-21,23-29,31-32,37,39H,9,22,30H2. The number of nitrogens with zero attached hydrogens (tertiary/aromatic N) is 3. The zero-order valence-corrected chi connectivity index (χ0v) is 27.9. The lowest BCUT2D eigenvalue weighted by atomic mass is 9.72. The van der Waals surface area contributed by atoms with Gasteiger partial charge in [-0.25, -0.2) is 0 Å². The molecule has 0 radical (unpaired) electrons. The van der Waals surface area contributed by atoms with Crippen molar-refractivity contribution in [1.82, 2.24) is 4.57 Å². The summed E-state index contributed by atoms with van der Waals surface area (Å²) in [5, 5.41) is 1.24. The van der Waals surface area contributed by atoms with E-state index in [-0.39, 0.29) is 5.92 Å². The molecule has 6 aromatic rings. The lowest BCUT2D eigenvalue weighted by Gasteiger charge is -2.36. The first-order valence-corrected chi connectivity index (χ1v) is 17.9. The topological polar surface area (TPSA) is 20.5 Å². The largest absolute Gasteiger partial charge is 0.296 e. The fourth-order valence-electron chi connectivity index (χ4n) is 8.63. The Morgan fingerprint density at radius 1 is 0.680 bits per heavy atom. The Kier molecular flexibility index (Phi) is 6.90. The summed E-state index contributed by atoms with van der Waals surface area (Å²) in [5.41, 5.74) is 13.5. The molecule has 2 aliphatic heterocycles. The molecule has 50 heavy (non-hydrogen) atoms. The van der Waals surface area contributed by atoms with Gasteiger partial charge in [0.05, 0.1) is 22.6 Å². The minimum absolute atomic E-state index is 0.177. The highest BCUT2D eigenvalue weighted by atomic mass is 15.3. The Labute approximate surface area is 293 Å². The summed E-state index contributed by atoms with van der Waals surface area (Å²) in [7, 11) is 0. The highest BCUT2D eigenvalue weighted by molar-refractivity contribution is 6.05. The van der Waals surface area contributed by atoms with Gasteiger partial charge in [0.2, 0.25) is 0 Å². The molecule has 3 heteroatoms. The summed E-state index contributed by atoms with van der Waals surface area (Å²) in [6.07, 6.45) is 15.1. The predicted octanol–water partition coefficient (Wildman–Crippen LogP) is 11.7. The number of benzene rings is 5. The summed E-state index contributed by atoms with van der Waals surface area (Å²) in [6, 6.07) is 50.8. The zero-order valence-electron chi connectivity index (χ0n) is 27.9. The van der Waals surface area contributed by atoms with Crippen LogP contribution >= 0.6 is 0 Å². The molecule has 3 heterocycles. The van der Waals surface area contributed by atoms with Crippen LogP contribution in [-0.4, -0.2) is 10.3 Å². The smallest absolute Gasteiger partial charge is 0.123 e. The molecular weight excluding hydrogens is 607 g/mol. The fourth-order valence-corrected chi connectivity index (χ4v) is 8.63. The molecule has 0 N–H and O–H groups in total. The number of hydrogen-bond acceptors (Lipinski definition) is 2. The molecule has 0 saturated carbocycles. The van der Waals surface area contributed by atoms with Gasteiger partial charge >= 0.3 is 0 Å². The van der Waals surface area contributed by atoms with Crippen molar-refractivity contribution in [2.24, 2.45) is 16.8 Å². The molecule has 0 bridgehead atoms. The van der Waals surface area contributed by atoms with E-state index in [4.69, 9.17) is 4.99 Å². The summed E-state index contributed by atoms with van der Waals surface area (Å²) in [4.78, 5) is 7.78. The maximum Gasteiger partial charge on any atom is 0.123 e. The number of para-hydroxylation sites is 2. The van der Waals surface area contributed by atoms with Gasteiger partial charge in [0.1, 0.15) is 5.82 Å². The van der Waals surface area contributed by atoms with E-state index < -0.39 is 0 Å². The Hall–Kier alpha value is -5.93. The van der Waals surface area contributed by atoms with Crippen LogP contribution in [0.5, 0.6) is 0 Å². The van der Waals surface area contributed by atoms with Crippen molar-refractivity contribution in [1.29, 1.82) is 0 Å². The van der Waals surface area contributed by atoms with Crippen LogP contribution in [0.25, 0.3) is 27.9 Å². The van der Waals surface area contributed by atoms with Gasteiger partial charge < -0.3 is 0 Å². The van der Waals surface area contributed by atoms with Crippen molar-refractivity contribution in [3.05, 3.63) is 198 Å². The lowest BCUT2D eigenvalue weighted by molar-refractivity contribution is 0.504. The van der Waals surface area contributed by atoms with Crippen LogP contribution in [0.1, 0.15) is 47.4 Å². The Morgan fingerprint density at radius 3 is 2.34 bits per heavy atom. The predicted molar refractivity (Wildman–Crippen MR) is 208 cm³/mol. The molecule has 0 saturated heterocycles. The number of rotatable bonds is 4. The molecule has 0 amide bonds. The summed E-state index contributed by atoms with van der Waals surface area (Å²) in [5.74, 6) is 2.20. The van der Waals surface area contributed by atoms with E-state index >= 15 is 0 Å². The Morgan fingerprint density at radius 2 is 1.46 bits per heavy atom. The Bertz CT molecular complexity index is 2420. The summed E-state index contributed by atoms with van der Waals surface area (Å²) < 4.78 is 2.49. The van der Waals surface area contributed by atoms with E-state index in [1.807, 2.05) is 0 Å². The van der Waals surface area contributed by atoms with Crippen LogP contribution < -0.4 is 4.90 Å². The van der Waals surface area contributed by atoms with Crippen molar-refractivity contribution >= 4 is 39.4 Å². The number of allylic oxidation sites excluding steroid dienone is 6. The van der Waals surface area contributed by atoms with Crippen molar-refractivity contribution < 1.29 is 0 Å². The van der Waals surface area contributed by atoms with E-state index in [1.165, 1.54) is 56.1 Å². The quantitative estimate of drug-likeness (QED) is 0.175. The molecule has 2 aliphatic carbocycles. The molecule has 3 atom stereocenters. The maximum absolute atomic E-state index is 5.23. The van der Waals surface area contributed by atoms with E-state index in [0.717, 1.165) is 36.2 Å². The second-order valence-corrected chi connectivity index (χ2v) is 13.8. The molecule has 5 aromatic carbocycles. The normalized spacial score (nSPS) is 20.7. The van der Waals surface area contributed by atoms with Crippen LogP contribution in [0.15, 0.2) is 181 Å². The average molecular weight is 644 g/mol. The number of aliphatic imine (C=N–C) groups is 1. The third-order valence-corrected chi connectivity index (χ3v) is 10.9. The van der Waals surface area contributed by atoms with Gasteiger partial charge in [0.15, 0.2) is 0 Å². The number of hydrogen-bond donors (Lipinski definition) is 0. The molecule has 4 aliphatic rings. The van der Waals surface area contributed by atoms with Crippen molar-refractivity contribution in [3.8, 4) is 5.69 Å². The van der Waals surface area contributed by atoms with Gasteiger partial charge in [-0.2, -0.15) is 0 Å². The first-order valence-electron chi connectivity index (χ1n) is 17.9. The fraction of sp³-hybridized carbons (Fsp3) is 0.128. The first kappa shape index (κ1) is 29.0. The van der Waals surface area contributed by atoms with Gasteiger partial charge in [0, 0.05) is 40.6 Å². The van der Waals surface area contributed by atoms with Crippen molar-refractivity contribution in [2.75, 3.05) is 4.90 Å². The SMILES string of the molecule is C1=CC2C=CC3=C(c4ccccc4-n4c(cc5ccccc54)N3c3cccc(C4C=C(c5ccccc5)N=C(c5ccccc5)C4)c3)C2CC1. The monoisotopic (exact) mass is 643 g/mol. The van der Waals surface area contributed by atoms with Crippen LogP contribution in [0.4, 0.5) is 11.5 Å².